The van der Waals surface area contributed by atoms with Gasteiger partial charge in [0.15, 0.2) is 0 Å². The number of hydrogen-bond donors (Lipinski definition) is 3. The Morgan fingerprint density at radius 1 is 0.969 bits per heavy atom. The maximum Gasteiger partial charge on any atom is 0.255 e. The van der Waals surface area contributed by atoms with Gasteiger partial charge < -0.3 is 5.32 Å². The van der Waals surface area contributed by atoms with Gasteiger partial charge in [-0.3, -0.25) is 9.89 Å². The molecule has 3 aromatic carbocycles. The molecule has 0 saturated carbocycles. The molecule has 9 heteroatoms. The minimum atomic E-state index is -0.208. The minimum absolute atomic E-state index is 0.208. The number of carbonyl (C=O) groups is 1. The van der Waals surface area contributed by atoms with E-state index in [0.717, 1.165) is 26.9 Å². The Labute approximate surface area is 185 Å². The van der Waals surface area contributed by atoms with Crippen molar-refractivity contribution in [2.24, 2.45) is 0 Å². The van der Waals surface area contributed by atoms with Crippen molar-refractivity contribution in [3.8, 4) is 21.8 Å². The second-order valence-corrected chi connectivity index (χ2v) is 8.36. The van der Waals surface area contributed by atoms with Crippen molar-refractivity contribution < 1.29 is 4.79 Å². The molecule has 0 aliphatic rings. The van der Waals surface area contributed by atoms with Gasteiger partial charge in [0, 0.05) is 37.3 Å². The highest BCUT2D eigenvalue weighted by Gasteiger charge is 2.15. The standard InChI is InChI=1S/C23H15N7OS/c31-23(25-17-6-3-5-14(9-17)22-27-29-30-28-22)15-8-16-12-24-26-21(16)18(10-15)20-11-13-4-1-2-7-19(13)32-20/h1-12H,(H,24,26)(H,25,31)(H,27,28,29,30). The SMILES string of the molecule is O=C(Nc1cccc(-c2nn[nH]n2)c1)c1cc(-c2cc3ccccc3s2)c2[nH]ncc2c1. The van der Waals surface area contributed by atoms with Crippen LogP contribution in [0.4, 0.5) is 5.69 Å². The second-order valence-electron chi connectivity index (χ2n) is 7.28. The summed E-state index contributed by atoms with van der Waals surface area (Å²) >= 11 is 1.69. The summed E-state index contributed by atoms with van der Waals surface area (Å²) < 4.78 is 1.20. The molecule has 1 amide bonds. The molecule has 0 bridgehead atoms. The average molecular weight is 437 g/mol. The highest BCUT2D eigenvalue weighted by atomic mass is 32.1. The number of anilines is 1. The topological polar surface area (TPSA) is 112 Å². The van der Waals surface area contributed by atoms with E-state index in [0.29, 0.717) is 17.1 Å². The summed E-state index contributed by atoms with van der Waals surface area (Å²) in [7, 11) is 0. The lowest BCUT2D eigenvalue weighted by atomic mass is 10.0. The zero-order chi connectivity index (χ0) is 21.5. The van der Waals surface area contributed by atoms with Crippen molar-refractivity contribution in [2.45, 2.75) is 0 Å². The highest BCUT2D eigenvalue weighted by Crippen LogP contribution is 2.37. The number of hydrogen-bond acceptors (Lipinski definition) is 6. The summed E-state index contributed by atoms with van der Waals surface area (Å²) in [5, 5.41) is 26.3. The van der Waals surface area contributed by atoms with Crippen LogP contribution in [0, 0.1) is 0 Å². The third-order valence-corrected chi connectivity index (χ3v) is 6.38. The molecule has 0 atom stereocenters. The van der Waals surface area contributed by atoms with Gasteiger partial charge in [-0.05, 0) is 47.0 Å². The fourth-order valence-corrected chi connectivity index (χ4v) is 4.81. The van der Waals surface area contributed by atoms with Crippen molar-refractivity contribution in [1.29, 1.82) is 0 Å². The predicted octanol–water partition coefficient (Wildman–Crippen LogP) is 4.88. The third kappa shape index (κ3) is 3.21. The van der Waals surface area contributed by atoms with Gasteiger partial charge in [-0.15, -0.1) is 21.5 Å². The van der Waals surface area contributed by atoms with E-state index in [1.807, 2.05) is 48.5 Å². The number of H-pyrrole nitrogens is 2. The number of thiophene rings is 1. The van der Waals surface area contributed by atoms with Crippen LogP contribution in [-0.2, 0) is 0 Å². The summed E-state index contributed by atoms with van der Waals surface area (Å²) in [4.78, 5) is 14.2. The molecule has 8 nitrogen and oxygen atoms in total. The fraction of sp³-hybridized carbons (Fsp3) is 0. The van der Waals surface area contributed by atoms with Gasteiger partial charge in [-0.25, -0.2) is 0 Å². The predicted molar refractivity (Wildman–Crippen MR) is 124 cm³/mol. The molecular weight excluding hydrogens is 422 g/mol. The quantitative estimate of drug-likeness (QED) is 0.364. The third-order valence-electron chi connectivity index (χ3n) is 5.23. The zero-order valence-electron chi connectivity index (χ0n) is 16.5. The highest BCUT2D eigenvalue weighted by molar-refractivity contribution is 7.22. The van der Waals surface area contributed by atoms with Crippen LogP contribution in [0.25, 0.3) is 42.8 Å². The van der Waals surface area contributed by atoms with Crippen LogP contribution in [0.2, 0.25) is 0 Å². The van der Waals surface area contributed by atoms with Gasteiger partial charge >= 0.3 is 0 Å². The lowest BCUT2D eigenvalue weighted by molar-refractivity contribution is 0.102. The minimum Gasteiger partial charge on any atom is -0.322 e. The lowest BCUT2D eigenvalue weighted by Crippen LogP contribution is -2.12. The molecule has 0 saturated heterocycles. The number of nitrogens with one attached hydrogen (secondary N) is 3. The van der Waals surface area contributed by atoms with Crippen LogP contribution in [0.1, 0.15) is 10.4 Å². The molecule has 0 aliphatic heterocycles. The summed E-state index contributed by atoms with van der Waals surface area (Å²) in [6, 6.07) is 21.5. The van der Waals surface area contributed by atoms with Crippen molar-refractivity contribution in [1.82, 2.24) is 30.8 Å². The Morgan fingerprint density at radius 3 is 2.78 bits per heavy atom. The van der Waals surface area contributed by atoms with Crippen molar-refractivity contribution in [3.63, 3.8) is 0 Å². The monoisotopic (exact) mass is 437 g/mol. The average Bonchev–Trinajstić information content (AvgIpc) is 3.59. The van der Waals surface area contributed by atoms with Gasteiger partial charge in [0.25, 0.3) is 5.91 Å². The van der Waals surface area contributed by atoms with Crippen LogP contribution in [0.5, 0.6) is 0 Å². The smallest absolute Gasteiger partial charge is 0.255 e. The summed E-state index contributed by atoms with van der Waals surface area (Å²) in [6.07, 6.45) is 1.74. The summed E-state index contributed by atoms with van der Waals surface area (Å²) in [5.41, 5.74) is 3.82. The fourth-order valence-electron chi connectivity index (χ4n) is 3.72. The van der Waals surface area contributed by atoms with E-state index < -0.39 is 0 Å². The number of aromatic nitrogens is 6. The van der Waals surface area contributed by atoms with Crippen LogP contribution in [-0.4, -0.2) is 36.7 Å². The molecule has 32 heavy (non-hydrogen) atoms. The number of aromatic amines is 2. The van der Waals surface area contributed by atoms with Crippen molar-refractivity contribution >= 4 is 43.9 Å². The normalized spacial score (nSPS) is 11.2. The molecule has 154 valence electrons. The molecule has 3 aromatic heterocycles. The van der Waals surface area contributed by atoms with Crippen LogP contribution in [0.15, 0.2) is 72.9 Å². The van der Waals surface area contributed by atoms with Gasteiger partial charge in [0.2, 0.25) is 5.82 Å². The molecule has 0 unspecified atom stereocenters. The molecule has 6 rings (SSSR count). The number of amides is 1. The van der Waals surface area contributed by atoms with Crippen LogP contribution >= 0.6 is 11.3 Å². The molecule has 6 aromatic rings. The summed E-state index contributed by atoms with van der Waals surface area (Å²) in [6.45, 7) is 0. The molecule has 0 aliphatic carbocycles. The van der Waals surface area contributed by atoms with E-state index >= 15 is 0 Å². The number of rotatable bonds is 4. The summed E-state index contributed by atoms with van der Waals surface area (Å²) in [5.74, 6) is 0.258. The molecule has 0 spiro atoms. The first-order chi connectivity index (χ1) is 15.7. The first kappa shape index (κ1) is 18.4. The zero-order valence-corrected chi connectivity index (χ0v) is 17.4. The van der Waals surface area contributed by atoms with E-state index in [9.17, 15) is 4.79 Å². The van der Waals surface area contributed by atoms with Crippen LogP contribution in [0.3, 0.4) is 0 Å². The number of benzene rings is 3. The lowest BCUT2D eigenvalue weighted by Gasteiger charge is -2.08. The Bertz CT molecular complexity index is 1550. The largest absolute Gasteiger partial charge is 0.322 e. The Morgan fingerprint density at radius 2 is 1.91 bits per heavy atom. The second kappa shape index (κ2) is 7.40. The number of carbonyl (C=O) groups excluding carboxylic acids is 1. The van der Waals surface area contributed by atoms with Crippen molar-refractivity contribution in [3.05, 3.63) is 78.5 Å². The van der Waals surface area contributed by atoms with E-state index in [2.05, 4.69) is 54.3 Å². The van der Waals surface area contributed by atoms with E-state index in [1.165, 1.54) is 10.1 Å². The van der Waals surface area contributed by atoms with Gasteiger partial charge in [-0.2, -0.15) is 10.3 Å². The molecule has 0 fully saturated rings. The Kier molecular flexibility index (Phi) is 4.25. The van der Waals surface area contributed by atoms with Crippen LogP contribution < -0.4 is 5.32 Å². The van der Waals surface area contributed by atoms with Gasteiger partial charge in [0.1, 0.15) is 0 Å². The number of tetrazole rings is 1. The molecule has 3 N–H and O–H groups in total. The van der Waals surface area contributed by atoms with E-state index in [-0.39, 0.29) is 5.91 Å². The molecular formula is C23H15N7OS. The van der Waals surface area contributed by atoms with Gasteiger partial charge in [-0.1, -0.05) is 30.3 Å². The Hall–Kier alpha value is -4.37. The Balaban J connectivity index is 1.38. The number of fused-ring (bicyclic) bond motifs is 2. The number of nitrogens with zero attached hydrogens (tertiary/aromatic N) is 4. The first-order valence-electron chi connectivity index (χ1n) is 9.86. The van der Waals surface area contributed by atoms with Crippen molar-refractivity contribution in [2.75, 3.05) is 5.32 Å². The van der Waals surface area contributed by atoms with E-state index in [4.69, 9.17) is 0 Å². The van der Waals surface area contributed by atoms with Gasteiger partial charge in [0.05, 0.1) is 11.7 Å². The first-order valence-corrected chi connectivity index (χ1v) is 10.7. The maximum absolute atomic E-state index is 13.1. The molecule has 3 heterocycles. The molecule has 0 radical (unpaired) electrons. The maximum atomic E-state index is 13.1. The van der Waals surface area contributed by atoms with E-state index in [1.54, 1.807) is 17.5 Å².